The van der Waals surface area contributed by atoms with Gasteiger partial charge in [0.15, 0.2) is 16.3 Å². The van der Waals surface area contributed by atoms with Crippen LogP contribution in [0.15, 0.2) is 84.6 Å². The van der Waals surface area contributed by atoms with Crippen LogP contribution in [0, 0.1) is 11.3 Å². The number of aromatic nitrogens is 1. The van der Waals surface area contributed by atoms with Crippen molar-refractivity contribution in [2.24, 2.45) is 4.99 Å². The van der Waals surface area contributed by atoms with Gasteiger partial charge in [0.2, 0.25) is 0 Å². The van der Waals surface area contributed by atoms with Crippen LogP contribution in [0.3, 0.4) is 0 Å². The number of nitrogens with zero attached hydrogens (tertiary/aromatic N) is 3. The number of methoxy groups -OCH3 is 1. The van der Waals surface area contributed by atoms with E-state index in [1.54, 1.807) is 50.3 Å². The summed E-state index contributed by atoms with van der Waals surface area (Å²) in [6.07, 6.45) is 1.74. The fourth-order valence-electron chi connectivity index (χ4n) is 5.09. The maximum atomic E-state index is 14.3. The first-order valence-electron chi connectivity index (χ1n) is 14.3. The Morgan fingerprint density at radius 1 is 1.07 bits per heavy atom. The summed E-state index contributed by atoms with van der Waals surface area (Å²) < 4.78 is 26.3. The normalized spacial score (nSPS) is 14.3. The molecule has 0 saturated carbocycles. The fraction of sp³-hybridized carbons (Fsp3) is 0.235. The van der Waals surface area contributed by atoms with Crippen molar-refractivity contribution in [2.45, 2.75) is 33.4 Å². The van der Waals surface area contributed by atoms with Crippen LogP contribution in [0.4, 0.5) is 0 Å². The first kappa shape index (κ1) is 33.2. The third-order valence-electron chi connectivity index (χ3n) is 7.17. The number of ether oxygens (including phenoxy) is 4. The summed E-state index contributed by atoms with van der Waals surface area (Å²) in [7, 11) is 1.53. The number of carbonyl (C=O) groups excluding carboxylic acids is 1. The Bertz CT molecular complexity index is 2080. The monoisotopic (exact) mass is 765 g/mol. The predicted molar refractivity (Wildman–Crippen MR) is 182 cm³/mol. The van der Waals surface area contributed by atoms with E-state index in [0.717, 1.165) is 10.0 Å². The molecule has 1 aliphatic rings. The molecule has 5 rings (SSSR count). The van der Waals surface area contributed by atoms with E-state index < -0.39 is 12.0 Å². The van der Waals surface area contributed by atoms with Gasteiger partial charge in [-0.25, -0.2) is 9.79 Å². The number of allylic oxidation sites excluding steroid dienone is 1. The highest BCUT2D eigenvalue weighted by Gasteiger charge is 2.35. The molecule has 0 aliphatic carbocycles. The molecule has 0 radical (unpaired) electrons. The molecule has 12 heteroatoms. The molecule has 0 saturated heterocycles. The maximum Gasteiger partial charge on any atom is 0.338 e. The Labute approximate surface area is 286 Å². The number of halogens is 2. The fourth-order valence-corrected chi connectivity index (χ4v) is 7.05. The second-order valence-corrected chi connectivity index (χ2v) is 12.8. The Morgan fingerprint density at radius 2 is 1.85 bits per heavy atom. The molecule has 236 valence electrons. The molecule has 9 nitrogen and oxygen atoms in total. The number of hydrogen-bond acceptors (Lipinski definition) is 9. The predicted octanol–water partition coefficient (Wildman–Crippen LogP) is 6.18. The van der Waals surface area contributed by atoms with Gasteiger partial charge in [-0.05, 0) is 68.8 Å². The number of esters is 1. The highest BCUT2D eigenvalue weighted by atomic mass is 79.9. The van der Waals surface area contributed by atoms with Gasteiger partial charge in [0, 0.05) is 20.1 Å². The molecular weight excluding hydrogens is 738 g/mol. The van der Waals surface area contributed by atoms with Gasteiger partial charge in [-0.2, -0.15) is 5.26 Å². The van der Waals surface area contributed by atoms with Gasteiger partial charge in [-0.3, -0.25) is 9.36 Å². The van der Waals surface area contributed by atoms with Gasteiger partial charge in [-0.15, -0.1) is 0 Å². The third kappa shape index (κ3) is 6.67. The molecule has 1 aliphatic heterocycles. The zero-order valence-corrected chi connectivity index (χ0v) is 29.4. The molecule has 1 aromatic heterocycles. The molecule has 0 unspecified atom stereocenters. The van der Waals surface area contributed by atoms with E-state index in [9.17, 15) is 14.9 Å². The van der Waals surface area contributed by atoms with Crippen molar-refractivity contribution >= 4 is 55.2 Å². The molecule has 0 amide bonds. The van der Waals surface area contributed by atoms with Crippen LogP contribution in [-0.2, 0) is 16.1 Å². The number of fused-ring (bicyclic) bond motifs is 1. The molecule has 3 aromatic carbocycles. The SMILES string of the molecule is CCOC(=O)C1=C(C)N=c2s/c(=C/c3cc(Br)ccc3OCc3ccccc3C#N)c(=O)n2[C@H]1c1cc(OC)c(OCC)cc1Br. The standard InChI is InChI=1S/C34H29Br2N3O6S/c1-5-43-28-16-25(36)24(15-27(28)42-4)31-30(33(41)44-6-2)19(3)38-34-39(31)32(40)29(46-34)14-22-13-23(35)11-12-26(22)45-18-21-10-8-7-9-20(21)17-37/h7-16,31H,5-6,18H2,1-4H3/b29-14+/t31-/m0/s1. The minimum Gasteiger partial charge on any atom is -0.493 e. The lowest BCUT2D eigenvalue weighted by Crippen LogP contribution is -2.40. The van der Waals surface area contributed by atoms with Gasteiger partial charge >= 0.3 is 5.97 Å². The lowest BCUT2D eigenvalue weighted by molar-refractivity contribution is -0.139. The number of carbonyl (C=O) groups is 1. The van der Waals surface area contributed by atoms with Crippen LogP contribution < -0.4 is 29.1 Å². The van der Waals surface area contributed by atoms with Gasteiger partial charge in [0.25, 0.3) is 5.56 Å². The van der Waals surface area contributed by atoms with Crippen LogP contribution in [0.2, 0.25) is 0 Å². The minimum atomic E-state index is -0.864. The average molecular weight is 767 g/mol. The summed E-state index contributed by atoms with van der Waals surface area (Å²) in [6, 6.07) is 17.6. The van der Waals surface area contributed by atoms with E-state index in [1.807, 2.05) is 31.2 Å². The largest absolute Gasteiger partial charge is 0.493 e. The topological polar surface area (TPSA) is 112 Å². The molecule has 46 heavy (non-hydrogen) atoms. The van der Waals surface area contributed by atoms with Crippen molar-refractivity contribution in [3.63, 3.8) is 0 Å². The van der Waals surface area contributed by atoms with E-state index >= 15 is 0 Å². The van der Waals surface area contributed by atoms with E-state index in [4.69, 9.17) is 18.9 Å². The summed E-state index contributed by atoms with van der Waals surface area (Å²) in [5, 5.41) is 9.49. The molecular formula is C34H29Br2N3O6S. The number of rotatable bonds is 10. The van der Waals surface area contributed by atoms with Crippen LogP contribution in [0.1, 0.15) is 49.1 Å². The van der Waals surface area contributed by atoms with Crippen LogP contribution >= 0.6 is 43.2 Å². The van der Waals surface area contributed by atoms with E-state index in [0.29, 0.717) is 60.0 Å². The van der Waals surface area contributed by atoms with Crippen molar-refractivity contribution in [1.29, 1.82) is 5.26 Å². The molecule has 4 aromatic rings. The molecule has 1 atom stereocenters. The van der Waals surface area contributed by atoms with Crippen LogP contribution in [0.25, 0.3) is 6.08 Å². The second kappa shape index (κ2) is 14.5. The number of thiazole rings is 1. The summed E-state index contributed by atoms with van der Waals surface area (Å²) in [6.45, 7) is 6.09. The average Bonchev–Trinajstić information content (AvgIpc) is 3.34. The smallest absolute Gasteiger partial charge is 0.338 e. The summed E-state index contributed by atoms with van der Waals surface area (Å²) >= 11 is 8.38. The lowest BCUT2D eigenvalue weighted by Gasteiger charge is -2.26. The first-order chi connectivity index (χ1) is 22.2. The Morgan fingerprint density at radius 3 is 2.57 bits per heavy atom. The lowest BCUT2D eigenvalue weighted by atomic mass is 9.95. The van der Waals surface area contributed by atoms with Crippen LogP contribution in [-0.4, -0.2) is 30.9 Å². The molecule has 0 bridgehead atoms. The minimum absolute atomic E-state index is 0.158. The van der Waals surface area contributed by atoms with Gasteiger partial charge in [0.1, 0.15) is 12.4 Å². The van der Waals surface area contributed by atoms with E-state index in [2.05, 4.69) is 42.9 Å². The Hall–Kier alpha value is -4.18. The van der Waals surface area contributed by atoms with Crippen molar-refractivity contribution in [3.8, 4) is 23.3 Å². The molecule has 2 heterocycles. The van der Waals surface area contributed by atoms with Crippen LogP contribution in [0.5, 0.6) is 17.2 Å². The number of hydrogen-bond donors (Lipinski definition) is 0. The van der Waals surface area contributed by atoms with E-state index in [-0.39, 0.29) is 24.3 Å². The Kier molecular flexibility index (Phi) is 10.5. The molecule has 0 spiro atoms. The second-order valence-electron chi connectivity index (χ2n) is 10.00. The summed E-state index contributed by atoms with van der Waals surface area (Å²) in [5.74, 6) is 0.934. The zero-order valence-electron chi connectivity index (χ0n) is 25.4. The summed E-state index contributed by atoms with van der Waals surface area (Å²) in [5.41, 5.74) is 2.87. The highest BCUT2D eigenvalue weighted by molar-refractivity contribution is 9.10. The number of nitriles is 1. The maximum absolute atomic E-state index is 14.3. The molecule has 0 fully saturated rings. The van der Waals surface area contributed by atoms with Crippen molar-refractivity contribution in [3.05, 3.63) is 117 Å². The van der Waals surface area contributed by atoms with Gasteiger partial charge < -0.3 is 18.9 Å². The zero-order chi connectivity index (χ0) is 33.0. The highest BCUT2D eigenvalue weighted by Crippen LogP contribution is 2.41. The van der Waals surface area contributed by atoms with Crippen molar-refractivity contribution in [1.82, 2.24) is 4.57 Å². The summed E-state index contributed by atoms with van der Waals surface area (Å²) in [4.78, 5) is 32.8. The quantitative estimate of drug-likeness (QED) is 0.177. The third-order valence-corrected chi connectivity index (χ3v) is 9.34. The van der Waals surface area contributed by atoms with Gasteiger partial charge in [0.05, 0.1) is 53.8 Å². The first-order valence-corrected chi connectivity index (χ1v) is 16.7. The number of benzene rings is 3. The van der Waals surface area contributed by atoms with Crippen molar-refractivity contribution < 1.29 is 23.7 Å². The van der Waals surface area contributed by atoms with Gasteiger partial charge in [-0.1, -0.05) is 61.4 Å². The van der Waals surface area contributed by atoms with Crippen molar-refractivity contribution in [2.75, 3.05) is 20.3 Å². The Balaban J connectivity index is 1.67. The van der Waals surface area contributed by atoms with E-state index in [1.165, 1.54) is 23.0 Å². The molecule has 0 N–H and O–H groups in total.